The van der Waals surface area contributed by atoms with Gasteiger partial charge in [0, 0.05) is 7.05 Å². The molecule has 1 aromatic heterocycles. The van der Waals surface area contributed by atoms with E-state index >= 15 is 0 Å². The van der Waals surface area contributed by atoms with E-state index in [1.165, 1.54) is 7.11 Å². The van der Waals surface area contributed by atoms with Crippen molar-refractivity contribution in [3.8, 4) is 0 Å². The van der Waals surface area contributed by atoms with Crippen molar-refractivity contribution >= 4 is 5.97 Å². The van der Waals surface area contributed by atoms with Crippen molar-refractivity contribution in [2.24, 2.45) is 7.05 Å². The average molecular weight is 212 g/mol. The number of rotatable bonds is 4. The Hall–Kier alpha value is -1.43. The number of carbonyl (C=O) groups excluding carboxylic acids is 1. The third-order valence-corrected chi connectivity index (χ3v) is 2.30. The predicted octanol–water partition coefficient (Wildman–Crippen LogP) is -0.225. The minimum atomic E-state index is -0.341. The Morgan fingerprint density at radius 3 is 2.73 bits per heavy atom. The molecule has 15 heavy (non-hydrogen) atoms. The number of carbonyl (C=O) groups is 1. The Balaban J connectivity index is 2.50. The van der Waals surface area contributed by atoms with Gasteiger partial charge >= 0.3 is 5.97 Å². The zero-order valence-corrected chi connectivity index (χ0v) is 9.44. The van der Waals surface area contributed by atoms with Gasteiger partial charge < -0.3 is 9.30 Å². The molecule has 0 aliphatic rings. The van der Waals surface area contributed by atoms with Crippen LogP contribution in [0.25, 0.3) is 0 Å². The largest absolute Gasteiger partial charge is 0.468 e. The summed E-state index contributed by atoms with van der Waals surface area (Å²) in [5, 5.41) is 10.9. The number of nitrogens with zero attached hydrogens (tertiary/aromatic N) is 3. The summed E-state index contributed by atoms with van der Waals surface area (Å²) in [5.41, 5.74) is 0. The van der Waals surface area contributed by atoms with Crippen LogP contribution < -0.4 is 5.32 Å². The van der Waals surface area contributed by atoms with E-state index in [0.717, 1.165) is 11.6 Å². The second kappa shape index (κ2) is 4.88. The number of aryl methyl sites for hydroxylation is 1. The minimum absolute atomic E-state index is 0.283. The molecule has 0 fully saturated rings. The van der Waals surface area contributed by atoms with E-state index < -0.39 is 0 Å². The highest BCUT2D eigenvalue weighted by atomic mass is 16.5. The van der Waals surface area contributed by atoms with Crippen LogP contribution in [-0.4, -0.2) is 33.9 Å². The molecule has 0 spiro atoms. The van der Waals surface area contributed by atoms with Crippen LogP contribution >= 0.6 is 0 Å². The van der Waals surface area contributed by atoms with Crippen molar-refractivity contribution < 1.29 is 9.53 Å². The van der Waals surface area contributed by atoms with Crippen molar-refractivity contribution in [2.45, 2.75) is 26.4 Å². The number of hydrogen-bond donors (Lipinski definition) is 1. The first kappa shape index (κ1) is 11.6. The molecule has 6 heteroatoms. The van der Waals surface area contributed by atoms with E-state index in [2.05, 4.69) is 20.3 Å². The fraction of sp³-hybridized carbons (Fsp3) is 0.667. The SMILES string of the molecule is COC(=O)C(C)NCc1nnc(C)n1C. The van der Waals surface area contributed by atoms with Gasteiger partial charge in [-0.15, -0.1) is 10.2 Å². The summed E-state index contributed by atoms with van der Waals surface area (Å²) in [4.78, 5) is 11.1. The van der Waals surface area contributed by atoms with Crippen LogP contribution in [0.15, 0.2) is 0 Å². The Kier molecular flexibility index (Phi) is 3.79. The van der Waals surface area contributed by atoms with Crippen molar-refractivity contribution in [2.75, 3.05) is 7.11 Å². The van der Waals surface area contributed by atoms with Gasteiger partial charge in [0.1, 0.15) is 17.7 Å². The molecule has 1 aromatic rings. The van der Waals surface area contributed by atoms with Crippen molar-refractivity contribution in [3.63, 3.8) is 0 Å². The first-order valence-electron chi connectivity index (χ1n) is 4.72. The molecule has 1 rings (SSSR count). The second-order valence-corrected chi connectivity index (χ2v) is 3.35. The number of ether oxygens (including phenoxy) is 1. The molecule has 1 atom stereocenters. The van der Waals surface area contributed by atoms with Crippen LogP contribution in [-0.2, 0) is 23.1 Å². The van der Waals surface area contributed by atoms with E-state index in [9.17, 15) is 4.79 Å². The van der Waals surface area contributed by atoms with Crippen LogP contribution in [0.5, 0.6) is 0 Å². The van der Waals surface area contributed by atoms with E-state index in [1.807, 2.05) is 18.5 Å². The molecule has 0 amide bonds. The zero-order chi connectivity index (χ0) is 11.4. The number of hydrogen-bond acceptors (Lipinski definition) is 5. The van der Waals surface area contributed by atoms with Gasteiger partial charge in [0.05, 0.1) is 13.7 Å². The van der Waals surface area contributed by atoms with Gasteiger partial charge in [-0.05, 0) is 13.8 Å². The fourth-order valence-electron chi connectivity index (χ4n) is 1.11. The van der Waals surface area contributed by atoms with Crippen molar-refractivity contribution in [1.29, 1.82) is 0 Å². The van der Waals surface area contributed by atoms with E-state index in [4.69, 9.17) is 0 Å². The van der Waals surface area contributed by atoms with Gasteiger partial charge in [-0.1, -0.05) is 0 Å². The molecule has 0 radical (unpaired) electrons. The lowest BCUT2D eigenvalue weighted by Gasteiger charge is -2.10. The molecule has 0 aliphatic carbocycles. The highest BCUT2D eigenvalue weighted by Gasteiger charge is 2.13. The number of esters is 1. The summed E-state index contributed by atoms with van der Waals surface area (Å²) in [6, 6.07) is -0.341. The minimum Gasteiger partial charge on any atom is -0.468 e. The summed E-state index contributed by atoms with van der Waals surface area (Å²) >= 11 is 0. The maximum Gasteiger partial charge on any atom is 0.322 e. The Bertz CT molecular complexity index is 348. The van der Waals surface area contributed by atoms with Gasteiger partial charge in [0.25, 0.3) is 0 Å². The highest BCUT2D eigenvalue weighted by molar-refractivity contribution is 5.74. The Labute approximate surface area is 88.6 Å². The average Bonchev–Trinajstić information content (AvgIpc) is 2.55. The van der Waals surface area contributed by atoms with E-state index in [-0.39, 0.29) is 12.0 Å². The topological polar surface area (TPSA) is 69.0 Å². The molecule has 0 saturated carbocycles. The summed E-state index contributed by atoms with van der Waals surface area (Å²) in [6.07, 6.45) is 0. The van der Waals surface area contributed by atoms with Crippen molar-refractivity contribution in [1.82, 2.24) is 20.1 Å². The molecule has 6 nitrogen and oxygen atoms in total. The monoisotopic (exact) mass is 212 g/mol. The standard InChI is InChI=1S/C9H16N4O2/c1-6(9(14)15-4)10-5-8-12-11-7(2)13(8)3/h6,10H,5H2,1-4H3. The van der Waals surface area contributed by atoms with Crippen LogP contribution in [0.1, 0.15) is 18.6 Å². The van der Waals surface area contributed by atoms with Gasteiger partial charge in [-0.3, -0.25) is 10.1 Å². The smallest absolute Gasteiger partial charge is 0.322 e. The summed E-state index contributed by atoms with van der Waals surface area (Å²) in [7, 11) is 3.25. The molecular formula is C9H16N4O2. The molecule has 1 unspecified atom stereocenters. The molecule has 0 saturated heterocycles. The van der Waals surface area contributed by atoms with Gasteiger partial charge in [0.2, 0.25) is 0 Å². The van der Waals surface area contributed by atoms with Crippen molar-refractivity contribution in [3.05, 3.63) is 11.6 Å². The quantitative estimate of drug-likeness (QED) is 0.698. The van der Waals surface area contributed by atoms with Gasteiger partial charge in [0.15, 0.2) is 0 Å². The van der Waals surface area contributed by atoms with Crippen LogP contribution in [0.3, 0.4) is 0 Å². The van der Waals surface area contributed by atoms with Gasteiger partial charge in [-0.25, -0.2) is 0 Å². The third-order valence-electron chi connectivity index (χ3n) is 2.30. The number of aromatic nitrogens is 3. The summed E-state index contributed by atoms with van der Waals surface area (Å²) in [5.74, 6) is 1.36. The zero-order valence-electron chi connectivity index (χ0n) is 9.44. The first-order chi connectivity index (χ1) is 7.06. The van der Waals surface area contributed by atoms with E-state index in [1.54, 1.807) is 6.92 Å². The third kappa shape index (κ3) is 2.76. The normalized spacial score (nSPS) is 12.5. The molecule has 0 aliphatic heterocycles. The molecule has 84 valence electrons. The fourth-order valence-corrected chi connectivity index (χ4v) is 1.11. The first-order valence-corrected chi connectivity index (χ1v) is 4.72. The molecule has 0 aromatic carbocycles. The van der Waals surface area contributed by atoms with Crippen LogP contribution in [0.4, 0.5) is 0 Å². The lowest BCUT2D eigenvalue weighted by molar-refractivity contribution is -0.142. The van der Waals surface area contributed by atoms with Crippen LogP contribution in [0, 0.1) is 6.92 Å². The lowest BCUT2D eigenvalue weighted by atomic mass is 10.3. The maximum absolute atomic E-state index is 11.1. The summed E-state index contributed by atoms with van der Waals surface area (Å²) < 4.78 is 6.46. The predicted molar refractivity (Wildman–Crippen MR) is 54.1 cm³/mol. The number of nitrogens with one attached hydrogen (secondary N) is 1. The Morgan fingerprint density at radius 1 is 1.60 bits per heavy atom. The Morgan fingerprint density at radius 2 is 2.27 bits per heavy atom. The molecule has 0 bridgehead atoms. The van der Waals surface area contributed by atoms with Gasteiger partial charge in [-0.2, -0.15) is 0 Å². The lowest BCUT2D eigenvalue weighted by Crippen LogP contribution is -2.35. The number of methoxy groups -OCH3 is 1. The maximum atomic E-state index is 11.1. The highest BCUT2D eigenvalue weighted by Crippen LogP contribution is 1.97. The second-order valence-electron chi connectivity index (χ2n) is 3.35. The molecule has 1 N–H and O–H groups in total. The van der Waals surface area contributed by atoms with E-state index in [0.29, 0.717) is 6.54 Å². The summed E-state index contributed by atoms with van der Waals surface area (Å²) in [6.45, 7) is 4.11. The molecule has 1 heterocycles. The van der Waals surface area contributed by atoms with Crippen LogP contribution in [0.2, 0.25) is 0 Å². The molecular weight excluding hydrogens is 196 g/mol.